The first-order valence-electron chi connectivity index (χ1n) is 10.7. The maximum atomic E-state index is 15.0. The smallest absolute Gasteiger partial charge is 0.503 e. The van der Waals surface area contributed by atoms with Gasteiger partial charge in [0.1, 0.15) is 5.75 Å². The number of ether oxygens (including phenoxy) is 2. The van der Waals surface area contributed by atoms with Crippen molar-refractivity contribution in [1.29, 1.82) is 0 Å². The first-order chi connectivity index (χ1) is 16.4. The van der Waals surface area contributed by atoms with Crippen molar-refractivity contribution in [3.8, 4) is 11.5 Å². The van der Waals surface area contributed by atoms with Gasteiger partial charge in [-0.25, -0.2) is 8.78 Å². The van der Waals surface area contributed by atoms with E-state index in [-0.39, 0.29) is 34.3 Å². The van der Waals surface area contributed by atoms with Crippen molar-refractivity contribution in [3.63, 3.8) is 0 Å². The van der Waals surface area contributed by atoms with E-state index < -0.39 is 47.3 Å². The summed E-state index contributed by atoms with van der Waals surface area (Å²) in [6, 6.07) is 4.71. The molecule has 0 amide bonds. The van der Waals surface area contributed by atoms with Crippen LogP contribution in [0.25, 0.3) is 10.9 Å². The largest absolute Gasteiger partial charge is 0.573 e. The summed E-state index contributed by atoms with van der Waals surface area (Å²) in [5, 5.41) is 9.49. The number of halogens is 5. The lowest BCUT2D eigenvalue weighted by Crippen LogP contribution is -2.18. The molecule has 1 N–H and O–H groups in total. The van der Waals surface area contributed by atoms with Crippen LogP contribution >= 0.6 is 0 Å². The molecule has 1 aromatic heterocycles. The molecule has 0 spiro atoms. The van der Waals surface area contributed by atoms with E-state index in [9.17, 15) is 32.3 Å². The van der Waals surface area contributed by atoms with Crippen LogP contribution in [0, 0.1) is 18.6 Å². The Morgan fingerprint density at radius 2 is 1.77 bits per heavy atom. The van der Waals surface area contributed by atoms with Gasteiger partial charge in [0.15, 0.2) is 17.4 Å². The van der Waals surface area contributed by atoms with Crippen molar-refractivity contribution in [1.82, 2.24) is 4.57 Å². The van der Waals surface area contributed by atoms with Gasteiger partial charge in [-0.2, -0.15) is 0 Å². The molecule has 1 heterocycles. The van der Waals surface area contributed by atoms with Gasteiger partial charge in [-0.1, -0.05) is 13.3 Å². The Kier molecular flexibility index (Phi) is 7.37. The van der Waals surface area contributed by atoms with Crippen molar-refractivity contribution in [2.75, 3.05) is 6.61 Å². The molecule has 0 saturated heterocycles. The van der Waals surface area contributed by atoms with Crippen LogP contribution in [0.15, 0.2) is 30.3 Å². The third kappa shape index (κ3) is 5.23. The van der Waals surface area contributed by atoms with Crippen molar-refractivity contribution in [3.05, 3.63) is 58.8 Å². The number of hydrogen-bond acceptors (Lipinski definition) is 5. The fraction of sp³-hybridized carbons (Fsp3) is 0.333. The fourth-order valence-electron chi connectivity index (χ4n) is 3.79. The number of alkyl halides is 3. The number of aromatic hydroxyl groups is 1. The van der Waals surface area contributed by atoms with E-state index >= 15 is 4.39 Å². The molecular formula is C24H22F5NO5. The molecule has 0 aliphatic heterocycles. The van der Waals surface area contributed by atoms with Crippen LogP contribution in [0.2, 0.25) is 0 Å². The van der Waals surface area contributed by atoms with Crippen molar-refractivity contribution >= 4 is 22.8 Å². The molecule has 35 heavy (non-hydrogen) atoms. The standard InChI is InChI=1S/C24H22F5NO5/c1-4-5-10-34-23(33)12(2)18-13(3)30(17-11-16(25)21(31)20(26)19(17)18)22(32)14-6-8-15(9-7-14)35-24(27,28)29/h6-9,11-12,31H,4-5,10H2,1-3H3. The topological polar surface area (TPSA) is 77.8 Å². The Morgan fingerprint density at radius 3 is 2.34 bits per heavy atom. The Hall–Kier alpha value is -3.63. The van der Waals surface area contributed by atoms with E-state index in [1.807, 2.05) is 6.92 Å². The second kappa shape index (κ2) is 9.93. The van der Waals surface area contributed by atoms with Crippen LogP contribution in [0.5, 0.6) is 11.5 Å². The molecule has 0 bridgehead atoms. The normalized spacial score (nSPS) is 12.6. The second-order valence-corrected chi connectivity index (χ2v) is 7.87. The van der Waals surface area contributed by atoms with Crippen LogP contribution in [0.1, 0.15) is 54.2 Å². The molecule has 6 nitrogen and oxygen atoms in total. The zero-order chi connectivity index (χ0) is 26.1. The summed E-state index contributed by atoms with van der Waals surface area (Å²) in [6.07, 6.45) is -3.55. The van der Waals surface area contributed by atoms with Gasteiger partial charge in [-0.3, -0.25) is 14.2 Å². The molecule has 0 fully saturated rings. The van der Waals surface area contributed by atoms with E-state index in [1.165, 1.54) is 13.8 Å². The average molecular weight is 499 g/mol. The SMILES string of the molecule is CCCCOC(=O)C(C)c1c(C)n(C(=O)c2ccc(OC(F)(F)F)cc2)c2cc(F)c(O)c(F)c12. The number of fused-ring (bicyclic) bond motifs is 1. The number of rotatable bonds is 7. The lowest BCUT2D eigenvalue weighted by molar-refractivity contribution is -0.274. The first kappa shape index (κ1) is 26.0. The molecule has 1 atom stereocenters. The van der Waals surface area contributed by atoms with Gasteiger partial charge in [-0.05, 0) is 50.1 Å². The highest BCUT2D eigenvalue weighted by Gasteiger charge is 2.32. The Balaban J connectivity index is 2.13. The number of carbonyl (C=O) groups is 2. The molecule has 3 aromatic rings. The minimum Gasteiger partial charge on any atom is -0.503 e. The number of esters is 1. The van der Waals surface area contributed by atoms with E-state index in [1.54, 1.807) is 0 Å². The van der Waals surface area contributed by atoms with Crippen LogP contribution in [0.4, 0.5) is 22.0 Å². The second-order valence-electron chi connectivity index (χ2n) is 7.87. The van der Waals surface area contributed by atoms with E-state index in [0.29, 0.717) is 6.42 Å². The zero-order valence-electron chi connectivity index (χ0n) is 19.0. The maximum Gasteiger partial charge on any atom is 0.573 e. The van der Waals surface area contributed by atoms with Gasteiger partial charge in [-0.15, -0.1) is 13.2 Å². The monoisotopic (exact) mass is 499 g/mol. The molecule has 188 valence electrons. The summed E-state index contributed by atoms with van der Waals surface area (Å²) in [5.41, 5.74) is -0.290. The summed E-state index contributed by atoms with van der Waals surface area (Å²) in [7, 11) is 0. The number of phenolic OH excluding ortho intramolecular Hbond substituents is 1. The number of benzene rings is 2. The summed E-state index contributed by atoms with van der Waals surface area (Å²) in [5.74, 6) is -7.13. The maximum absolute atomic E-state index is 15.0. The fourth-order valence-corrected chi connectivity index (χ4v) is 3.79. The third-order valence-corrected chi connectivity index (χ3v) is 5.48. The minimum absolute atomic E-state index is 0.0136. The minimum atomic E-state index is -4.92. The number of carbonyl (C=O) groups excluding carboxylic acids is 2. The van der Waals surface area contributed by atoms with E-state index in [0.717, 1.165) is 41.3 Å². The van der Waals surface area contributed by atoms with Gasteiger partial charge in [0.2, 0.25) is 0 Å². The van der Waals surface area contributed by atoms with E-state index in [2.05, 4.69) is 4.74 Å². The van der Waals surface area contributed by atoms with Crippen LogP contribution in [-0.4, -0.2) is 34.5 Å². The highest BCUT2D eigenvalue weighted by atomic mass is 19.4. The molecule has 0 saturated carbocycles. The number of aromatic nitrogens is 1. The lowest BCUT2D eigenvalue weighted by atomic mass is 9.97. The predicted molar refractivity (Wildman–Crippen MR) is 115 cm³/mol. The summed E-state index contributed by atoms with van der Waals surface area (Å²) in [6.45, 7) is 4.85. The third-order valence-electron chi connectivity index (χ3n) is 5.48. The number of phenols is 1. The van der Waals surface area contributed by atoms with Gasteiger partial charge in [0.05, 0.1) is 18.0 Å². The molecule has 11 heteroatoms. The molecule has 2 aromatic carbocycles. The Labute approximate surface area is 196 Å². The highest BCUT2D eigenvalue weighted by molar-refractivity contribution is 6.05. The van der Waals surface area contributed by atoms with Gasteiger partial charge in [0, 0.05) is 22.7 Å². The van der Waals surface area contributed by atoms with Crippen LogP contribution in [0.3, 0.4) is 0 Å². The molecule has 1 unspecified atom stereocenters. The number of unbranched alkanes of at least 4 members (excludes halogenated alkanes) is 1. The first-order valence-corrected chi connectivity index (χ1v) is 10.7. The lowest BCUT2D eigenvalue weighted by Gasteiger charge is -2.13. The quantitative estimate of drug-likeness (QED) is 0.246. The van der Waals surface area contributed by atoms with E-state index in [4.69, 9.17) is 4.74 Å². The van der Waals surface area contributed by atoms with Crippen LogP contribution in [-0.2, 0) is 9.53 Å². The number of nitrogens with zero attached hydrogens (tertiary/aromatic N) is 1. The average Bonchev–Trinajstić information content (AvgIpc) is 3.07. The van der Waals surface area contributed by atoms with Crippen molar-refractivity contribution < 1.29 is 46.1 Å². The van der Waals surface area contributed by atoms with Gasteiger partial charge >= 0.3 is 12.3 Å². The zero-order valence-corrected chi connectivity index (χ0v) is 19.0. The predicted octanol–water partition coefficient (Wildman–Crippen LogP) is 5.97. The van der Waals surface area contributed by atoms with Crippen LogP contribution < -0.4 is 4.74 Å². The van der Waals surface area contributed by atoms with Gasteiger partial charge < -0.3 is 14.6 Å². The summed E-state index contributed by atoms with van der Waals surface area (Å²) in [4.78, 5) is 25.9. The molecule has 0 aliphatic rings. The summed E-state index contributed by atoms with van der Waals surface area (Å²) >= 11 is 0. The molecular weight excluding hydrogens is 477 g/mol. The molecule has 0 radical (unpaired) electrons. The van der Waals surface area contributed by atoms with Crippen molar-refractivity contribution in [2.24, 2.45) is 0 Å². The highest BCUT2D eigenvalue weighted by Crippen LogP contribution is 2.39. The Morgan fingerprint density at radius 1 is 1.14 bits per heavy atom. The van der Waals surface area contributed by atoms with Gasteiger partial charge in [0.25, 0.3) is 5.91 Å². The Bertz CT molecular complexity index is 1260. The number of hydrogen-bond donors (Lipinski definition) is 1. The van der Waals surface area contributed by atoms with Crippen molar-refractivity contribution in [2.45, 2.75) is 45.9 Å². The molecule has 0 aliphatic carbocycles. The molecule has 3 rings (SSSR count). The summed E-state index contributed by atoms with van der Waals surface area (Å²) < 4.78 is 76.5.